The lowest BCUT2D eigenvalue weighted by Gasteiger charge is -2.52. The second-order valence-electron chi connectivity index (χ2n) is 4.56. The number of rotatable bonds is 3. The predicted octanol–water partition coefficient (Wildman–Crippen LogP) is 1.61. The molecule has 2 nitrogen and oxygen atoms in total. The monoisotopic (exact) mass is 182 g/mol. The van der Waals surface area contributed by atoms with E-state index in [0.717, 1.165) is 0 Å². The van der Waals surface area contributed by atoms with Gasteiger partial charge in [-0.15, -0.1) is 0 Å². The maximum Gasteiger partial charge on any atom is 0.0210 e. The Hall–Kier alpha value is -0.0800. The van der Waals surface area contributed by atoms with Crippen molar-refractivity contribution in [3.63, 3.8) is 0 Å². The number of hydrogen-bond donors (Lipinski definition) is 1. The SMILES string of the molecule is CCCC1(N2CCNCC2)CCC1. The van der Waals surface area contributed by atoms with Gasteiger partial charge >= 0.3 is 0 Å². The van der Waals surface area contributed by atoms with Crippen LogP contribution in [0.4, 0.5) is 0 Å². The Morgan fingerprint density at radius 1 is 1.23 bits per heavy atom. The molecule has 0 aromatic rings. The van der Waals surface area contributed by atoms with E-state index in [4.69, 9.17) is 0 Å². The van der Waals surface area contributed by atoms with Gasteiger partial charge in [0.15, 0.2) is 0 Å². The van der Waals surface area contributed by atoms with Gasteiger partial charge in [0.25, 0.3) is 0 Å². The maximum atomic E-state index is 3.44. The minimum atomic E-state index is 0.636. The molecule has 0 radical (unpaired) electrons. The largest absolute Gasteiger partial charge is 0.314 e. The highest BCUT2D eigenvalue weighted by molar-refractivity contribution is 4.98. The molecule has 1 aliphatic carbocycles. The summed E-state index contributed by atoms with van der Waals surface area (Å²) in [5.74, 6) is 0. The van der Waals surface area contributed by atoms with E-state index >= 15 is 0 Å². The quantitative estimate of drug-likeness (QED) is 0.713. The molecule has 1 aliphatic heterocycles. The number of piperazine rings is 1. The molecule has 0 aromatic carbocycles. The molecule has 0 bridgehead atoms. The van der Waals surface area contributed by atoms with Crippen LogP contribution in [0.1, 0.15) is 39.0 Å². The molecule has 2 heteroatoms. The van der Waals surface area contributed by atoms with E-state index in [1.54, 1.807) is 0 Å². The first-order valence-electron chi connectivity index (χ1n) is 5.83. The molecular formula is C11H22N2. The van der Waals surface area contributed by atoms with Gasteiger partial charge in [0.1, 0.15) is 0 Å². The van der Waals surface area contributed by atoms with Crippen molar-refractivity contribution in [2.24, 2.45) is 0 Å². The van der Waals surface area contributed by atoms with E-state index in [9.17, 15) is 0 Å². The van der Waals surface area contributed by atoms with Crippen molar-refractivity contribution in [2.75, 3.05) is 26.2 Å². The standard InChI is InChI=1S/C11H22N2/c1-2-4-11(5-3-6-11)13-9-7-12-8-10-13/h12H,2-10H2,1H3. The van der Waals surface area contributed by atoms with E-state index in [1.807, 2.05) is 0 Å². The van der Waals surface area contributed by atoms with E-state index in [1.165, 1.54) is 58.3 Å². The van der Waals surface area contributed by atoms with Gasteiger partial charge < -0.3 is 5.32 Å². The van der Waals surface area contributed by atoms with Gasteiger partial charge in [-0.1, -0.05) is 13.3 Å². The third kappa shape index (κ3) is 1.75. The zero-order valence-corrected chi connectivity index (χ0v) is 8.81. The lowest BCUT2D eigenvalue weighted by atomic mass is 9.72. The fourth-order valence-corrected chi connectivity index (χ4v) is 2.91. The molecule has 0 aromatic heterocycles. The average Bonchev–Trinajstić information content (AvgIpc) is 2.13. The molecule has 0 amide bonds. The fourth-order valence-electron chi connectivity index (χ4n) is 2.91. The predicted molar refractivity (Wildman–Crippen MR) is 55.9 cm³/mol. The Morgan fingerprint density at radius 2 is 1.92 bits per heavy atom. The van der Waals surface area contributed by atoms with Crippen LogP contribution in [-0.2, 0) is 0 Å². The minimum Gasteiger partial charge on any atom is -0.314 e. The Labute approximate surface area is 81.7 Å². The van der Waals surface area contributed by atoms with Crippen LogP contribution in [-0.4, -0.2) is 36.6 Å². The van der Waals surface area contributed by atoms with Crippen molar-refractivity contribution in [1.29, 1.82) is 0 Å². The van der Waals surface area contributed by atoms with Crippen molar-refractivity contribution in [1.82, 2.24) is 10.2 Å². The molecule has 1 saturated heterocycles. The molecule has 1 N–H and O–H groups in total. The molecule has 2 fully saturated rings. The van der Waals surface area contributed by atoms with Crippen molar-refractivity contribution >= 4 is 0 Å². The zero-order valence-electron chi connectivity index (χ0n) is 8.81. The van der Waals surface area contributed by atoms with Gasteiger partial charge in [-0.25, -0.2) is 0 Å². The summed E-state index contributed by atoms with van der Waals surface area (Å²) in [7, 11) is 0. The summed E-state index contributed by atoms with van der Waals surface area (Å²) in [5, 5.41) is 3.44. The fraction of sp³-hybridized carbons (Fsp3) is 1.00. The van der Waals surface area contributed by atoms with Crippen LogP contribution >= 0.6 is 0 Å². The molecule has 0 unspecified atom stereocenters. The second kappa shape index (κ2) is 3.97. The Bertz CT molecular complexity index is 157. The van der Waals surface area contributed by atoms with E-state index in [-0.39, 0.29) is 0 Å². The minimum absolute atomic E-state index is 0.636. The summed E-state index contributed by atoms with van der Waals surface area (Å²) in [4.78, 5) is 2.75. The third-order valence-corrected chi connectivity index (χ3v) is 3.79. The third-order valence-electron chi connectivity index (χ3n) is 3.79. The van der Waals surface area contributed by atoms with Crippen LogP contribution in [0.2, 0.25) is 0 Å². The normalized spacial score (nSPS) is 28.4. The summed E-state index contributed by atoms with van der Waals surface area (Å²) in [6.45, 7) is 7.28. The summed E-state index contributed by atoms with van der Waals surface area (Å²) in [6.07, 6.45) is 7.16. The van der Waals surface area contributed by atoms with Crippen LogP contribution in [0.5, 0.6) is 0 Å². The molecule has 13 heavy (non-hydrogen) atoms. The highest BCUT2D eigenvalue weighted by Gasteiger charge is 2.41. The topological polar surface area (TPSA) is 15.3 Å². The molecule has 76 valence electrons. The number of hydrogen-bond acceptors (Lipinski definition) is 2. The first-order valence-corrected chi connectivity index (χ1v) is 5.83. The first kappa shape index (κ1) is 9.47. The van der Waals surface area contributed by atoms with Crippen LogP contribution in [0.3, 0.4) is 0 Å². The van der Waals surface area contributed by atoms with Crippen LogP contribution in [0.15, 0.2) is 0 Å². The number of nitrogens with one attached hydrogen (secondary N) is 1. The van der Waals surface area contributed by atoms with Gasteiger partial charge in [-0.2, -0.15) is 0 Å². The Kier molecular flexibility index (Phi) is 2.89. The van der Waals surface area contributed by atoms with Gasteiger partial charge in [0.05, 0.1) is 0 Å². The smallest absolute Gasteiger partial charge is 0.0210 e. The summed E-state index contributed by atoms with van der Waals surface area (Å²) >= 11 is 0. The average molecular weight is 182 g/mol. The van der Waals surface area contributed by atoms with Crippen LogP contribution in [0.25, 0.3) is 0 Å². The maximum absolute atomic E-state index is 3.44. The van der Waals surface area contributed by atoms with E-state index in [0.29, 0.717) is 5.54 Å². The Balaban J connectivity index is 1.93. The Morgan fingerprint density at radius 3 is 2.38 bits per heavy atom. The summed E-state index contributed by atoms with van der Waals surface area (Å²) in [5.41, 5.74) is 0.636. The van der Waals surface area contributed by atoms with E-state index in [2.05, 4.69) is 17.1 Å². The van der Waals surface area contributed by atoms with Gasteiger partial charge in [0.2, 0.25) is 0 Å². The molecule has 0 spiro atoms. The lowest BCUT2D eigenvalue weighted by Crippen LogP contribution is -2.59. The molecule has 2 aliphatic rings. The van der Waals surface area contributed by atoms with Crippen molar-refractivity contribution in [3.8, 4) is 0 Å². The molecule has 1 heterocycles. The highest BCUT2D eigenvalue weighted by atomic mass is 15.2. The first-order chi connectivity index (χ1) is 6.37. The van der Waals surface area contributed by atoms with Crippen molar-refractivity contribution in [3.05, 3.63) is 0 Å². The summed E-state index contributed by atoms with van der Waals surface area (Å²) < 4.78 is 0. The molecular weight excluding hydrogens is 160 g/mol. The summed E-state index contributed by atoms with van der Waals surface area (Å²) in [6, 6.07) is 0. The second-order valence-corrected chi connectivity index (χ2v) is 4.56. The molecule has 2 rings (SSSR count). The highest BCUT2D eigenvalue weighted by Crippen LogP contribution is 2.41. The van der Waals surface area contributed by atoms with E-state index < -0.39 is 0 Å². The van der Waals surface area contributed by atoms with Gasteiger partial charge in [-0.05, 0) is 25.7 Å². The van der Waals surface area contributed by atoms with Gasteiger partial charge in [-0.3, -0.25) is 4.90 Å². The molecule has 0 atom stereocenters. The van der Waals surface area contributed by atoms with Crippen molar-refractivity contribution < 1.29 is 0 Å². The van der Waals surface area contributed by atoms with Gasteiger partial charge in [0, 0.05) is 31.7 Å². The van der Waals surface area contributed by atoms with Crippen molar-refractivity contribution in [2.45, 2.75) is 44.6 Å². The molecule has 1 saturated carbocycles. The van der Waals surface area contributed by atoms with Crippen LogP contribution < -0.4 is 5.32 Å². The number of nitrogens with zero attached hydrogens (tertiary/aromatic N) is 1. The van der Waals surface area contributed by atoms with Crippen LogP contribution in [0, 0.1) is 0 Å². The lowest BCUT2D eigenvalue weighted by molar-refractivity contribution is -0.000489. The zero-order chi connectivity index (χ0) is 9.15.